The first-order chi connectivity index (χ1) is 15.3. The number of nitrogens with one attached hydrogen (secondary N) is 1. The van der Waals surface area contributed by atoms with Crippen molar-refractivity contribution in [3.8, 4) is 27.8 Å². The molecule has 1 heterocycles. The summed E-state index contributed by atoms with van der Waals surface area (Å²) in [5.74, 6) is 1.39. The van der Waals surface area contributed by atoms with Crippen LogP contribution in [0.5, 0.6) is 17.2 Å². The lowest BCUT2D eigenvalue weighted by molar-refractivity contribution is -0.130. The lowest BCUT2D eigenvalue weighted by Crippen LogP contribution is -2.27. The molecule has 0 aliphatic heterocycles. The molecule has 0 atom stereocenters. The van der Waals surface area contributed by atoms with Crippen LogP contribution in [-0.2, 0) is 4.79 Å². The second-order valence-corrected chi connectivity index (χ2v) is 8.06. The average molecular weight is 456 g/mol. The first-order valence-electron chi connectivity index (χ1n) is 9.76. The Labute approximate surface area is 190 Å². The molecule has 0 saturated carbocycles. The minimum absolute atomic E-state index is 0.0440. The molecule has 0 unspecified atom stereocenters. The molecule has 168 valence electrons. The highest BCUT2D eigenvalue weighted by Gasteiger charge is 2.18. The van der Waals surface area contributed by atoms with Crippen LogP contribution in [0.1, 0.15) is 15.4 Å². The van der Waals surface area contributed by atoms with Crippen molar-refractivity contribution in [2.75, 3.05) is 40.2 Å². The summed E-state index contributed by atoms with van der Waals surface area (Å²) in [6, 6.07) is 12.4. The minimum atomic E-state index is -0.247. The van der Waals surface area contributed by atoms with Crippen molar-refractivity contribution >= 4 is 28.8 Å². The van der Waals surface area contributed by atoms with E-state index in [-0.39, 0.29) is 18.4 Å². The summed E-state index contributed by atoms with van der Waals surface area (Å²) in [6.45, 7) is 1.76. The fraction of sp³-hybridized carbons (Fsp3) is 0.261. The van der Waals surface area contributed by atoms with Crippen molar-refractivity contribution < 1.29 is 23.8 Å². The van der Waals surface area contributed by atoms with Gasteiger partial charge in [-0.15, -0.1) is 11.3 Å². The molecule has 2 aromatic carbocycles. The minimum Gasteiger partial charge on any atom is -0.493 e. The van der Waals surface area contributed by atoms with Crippen LogP contribution in [0.15, 0.2) is 42.5 Å². The summed E-state index contributed by atoms with van der Waals surface area (Å²) in [5.41, 5.74) is 2.09. The Morgan fingerprint density at radius 3 is 2.34 bits per heavy atom. The van der Waals surface area contributed by atoms with E-state index in [9.17, 15) is 9.59 Å². The van der Waals surface area contributed by atoms with Crippen molar-refractivity contribution in [3.05, 3.63) is 53.0 Å². The van der Waals surface area contributed by atoms with E-state index in [4.69, 9.17) is 14.2 Å². The summed E-state index contributed by atoms with van der Waals surface area (Å²) >= 11 is 1.30. The molecule has 32 heavy (non-hydrogen) atoms. The number of nitrogens with zero attached hydrogens (tertiary/aromatic N) is 2. The third-order valence-electron chi connectivity index (χ3n) is 4.61. The van der Waals surface area contributed by atoms with E-state index in [1.54, 1.807) is 65.6 Å². The van der Waals surface area contributed by atoms with E-state index in [0.29, 0.717) is 38.5 Å². The molecule has 0 spiro atoms. The van der Waals surface area contributed by atoms with Gasteiger partial charge in [-0.3, -0.25) is 9.59 Å². The lowest BCUT2D eigenvalue weighted by Gasteiger charge is -2.11. The third-order valence-corrected chi connectivity index (χ3v) is 5.81. The van der Waals surface area contributed by atoms with Crippen LogP contribution in [0, 0.1) is 6.92 Å². The van der Waals surface area contributed by atoms with Gasteiger partial charge in [-0.25, -0.2) is 4.98 Å². The number of likely N-dealkylation sites (N-methyl/N-ethyl adjacent to an activating group) is 1. The van der Waals surface area contributed by atoms with Crippen molar-refractivity contribution in [1.82, 2.24) is 9.88 Å². The molecular weight excluding hydrogens is 430 g/mol. The number of methoxy groups -OCH3 is 2. The Morgan fingerprint density at radius 1 is 1.03 bits per heavy atom. The zero-order valence-electron chi connectivity index (χ0n) is 18.6. The van der Waals surface area contributed by atoms with Gasteiger partial charge in [-0.1, -0.05) is 0 Å². The van der Waals surface area contributed by atoms with Crippen LogP contribution in [-0.4, -0.2) is 56.6 Å². The predicted molar refractivity (Wildman–Crippen MR) is 124 cm³/mol. The first kappa shape index (κ1) is 23.1. The van der Waals surface area contributed by atoms with E-state index in [1.165, 1.54) is 16.2 Å². The highest BCUT2D eigenvalue weighted by Crippen LogP contribution is 2.35. The number of amides is 2. The Kier molecular flexibility index (Phi) is 7.32. The van der Waals surface area contributed by atoms with Gasteiger partial charge in [-0.2, -0.15) is 0 Å². The van der Waals surface area contributed by atoms with Crippen LogP contribution in [0.25, 0.3) is 10.6 Å². The number of rotatable bonds is 8. The maximum Gasteiger partial charge on any atom is 0.267 e. The molecule has 9 heteroatoms. The van der Waals surface area contributed by atoms with E-state index in [1.807, 2.05) is 12.1 Å². The second-order valence-electron chi connectivity index (χ2n) is 7.06. The molecule has 0 aliphatic carbocycles. The fourth-order valence-corrected chi connectivity index (χ4v) is 3.75. The maximum atomic E-state index is 12.8. The van der Waals surface area contributed by atoms with Gasteiger partial charge in [0.05, 0.1) is 19.9 Å². The summed E-state index contributed by atoms with van der Waals surface area (Å²) in [6.07, 6.45) is 0. The SMILES string of the molecule is COc1ccc(-c2nc(C)c(C(=O)Nc3ccc(OCC(=O)N(C)C)cc3)s2)cc1OC. The summed E-state index contributed by atoms with van der Waals surface area (Å²) in [5, 5.41) is 3.58. The molecule has 0 radical (unpaired) electrons. The van der Waals surface area contributed by atoms with Crippen molar-refractivity contribution in [1.29, 1.82) is 0 Å². The third kappa shape index (κ3) is 5.36. The monoisotopic (exact) mass is 455 g/mol. The van der Waals surface area contributed by atoms with Gasteiger partial charge < -0.3 is 24.4 Å². The number of ether oxygens (including phenoxy) is 3. The van der Waals surface area contributed by atoms with Crippen molar-refractivity contribution in [2.24, 2.45) is 0 Å². The van der Waals surface area contributed by atoms with Gasteiger partial charge in [0.1, 0.15) is 15.6 Å². The Hall–Kier alpha value is -3.59. The molecule has 3 aromatic rings. The lowest BCUT2D eigenvalue weighted by atomic mass is 10.2. The summed E-state index contributed by atoms with van der Waals surface area (Å²) < 4.78 is 16.1. The quantitative estimate of drug-likeness (QED) is 0.555. The fourth-order valence-electron chi connectivity index (χ4n) is 2.80. The number of anilines is 1. The number of carbonyl (C=O) groups is 2. The van der Waals surface area contributed by atoms with Crippen LogP contribution in [0.4, 0.5) is 5.69 Å². The van der Waals surface area contributed by atoms with Gasteiger partial charge in [0.2, 0.25) is 0 Å². The number of aryl methyl sites for hydroxylation is 1. The van der Waals surface area contributed by atoms with E-state index in [2.05, 4.69) is 10.3 Å². The zero-order chi connectivity index (χ0) is 23.3. The number of aromatic nitrogens is 1. The Balaban J connectivity index is 1.70. The molecule has 0 saturated heterocycles. The average Bonchev–Trinajstić information content (AvgIpc) is 3.19. The van der Waals surface area contributed by atoms with Gasteiger partial charge in [0.25, 0.3) is 11.8 Å². The Morgan fingerprint density at radius 2 is 1.72 bits per heavy atom. The molecule has 0 aliphatic rings. The van der Waals surface area contributed by atoms with Gasteiger partial charge in [0, 0.05) is 25.3 Å². The molecule has 3 rings (SSSR count). The number of carbonyl (C=O) groups excluding carboxylic acids is 2. The molecule has 0 bridgehead atoms. The molecule has 1 aromatic heterocycles. The Bertz CT molecular complexity index is 1110. The topological polar surface area (TPSA) is 90.0 Å². The summed E-state index contributed by atoms with van der Waals surface area (Å²) in [7, 11) is 6.49. The highest BCUT2D eigenvalue weighted by molar-refractivity contribution is 7.17. The zero-order valence-corrected chi connectivity index (χ0v) is 19.4. The van der Waals surface area contributed by atoms with E-state index >= 15 is 0 Å². The molecule has 1 N–H and O–H groups in total. The number of benzene rings is 2. The summed E-state index contributed by atoms with van der Waals surface area (Å²) in [4.78, 5) is 31.0. The highest BCUT2D eigenvalue weighted by atomic mass is 32.1. The smallest absolute Gasteiger partial charge is 0.267 e. The maximum absolute atomic E-state index is 12.8. The van der Waals surface area contributed by atoms with Gasteiger partial charge in [-0.05, 0) is 49.4 Å². The van der Waals surface area contributed by atoms with Crippen LogP contribution >= 0.6 is 11.3 Å². The van der Waals surface area contributed by atoms with Crippen LogP contribution in [0.2, 0.25) is 0 Å². The van der Waals surface area contributed by atoms with Crippen LogP contribution in [0.3, 0.4) is 0 Å². The standard InChI is InChI=1S/C23H25N3O5S/c1-14-21(32-23(24-14)15-6-11-18(29-4)19(12-15)30-5)22(28)25-16-7-9-17(10-8-16)31-13-20(27)26(2)3/h6-12H,13H2,1-5H3,(H,25,28). The van der Waals surface area contributed by atoms with Gasteiger partial charge in [0.15, 0.2) is 18.1 Å². The number of hydrogen-bond acceptors (Lipinski definition) is 7. The van der Waals surface area contributed by atoms with Crippen molar-refractivity contribution in [3.63, 3.8) is 0 Å². The second kappa shape index (κ2) is 10.1. The normalized spacial score (nSPS) is 10.4. The first-order valence-corrected chi connectivity index (χ1v) is 10.6. The predicted octanol–water partition coefficient (Wildman–Crippen LogP) is 3.86. The largest absolute Gasteiger partial charge is 0.493 e. The number of hydrogen-bond donors (Lipinski definition) is 1. The van der Waals surface area contributed by atoms with E-state index < -0.39 is 0 Å². The molecule has 0 fully saturated rings. The molecular formula is C23H25N3O5S. The molecule has 8 nitrogen and oxygen atoms in total. The number of thiazole rings is 1. The van der Waals surface area contributed by atoms with Gasteiger partial charge >= 0.3 is 0 Å². The molecule has 2 amide bonds. The van der Waals surface area contributed by atoms with Crippen molar-refractivity contribution in [2.45, 2.75) is 6.92 Å². The van der Waals surface area contributed by atoms with Crippen LogP contribution < -0.4 is 19.5 Å². The van der Waals surface area contributed by atoms with E-state index in [0.717, 1.165) is 5.56 Å².